The predicted molar refractivity (Wildman–Crippen MR) is 72.8 cm³/mol. The topological polar surface area (TPSA) is 47.0 Å². The Labute approximate surface area is 109 Å². The second-order valence-electron chi connectivity index (χ2n) is 4.87. The Balaban J connectivity index is 2.35. The van der Waals surface area contributed by atoms with Crippen molar-refractivity contribution in [3.05, 3.63) is 17.1 Å². The van der Waals surface area contributed by atoms with Crippen LogP contribution in [0.15, 0.2) is 0 Å². The van der Waals surface area contributed by atoms with Crippen molar-refractivity contribution >= 4 is 5.82 Å². The van der Waals surface area contributed by atoms with E-state index in [4.69, 9.17) is 4.74 Å². The number of anilines is 1. The highest BCUT2D eigenvalue weighted by Crippen LogP contribution is 2.42. The predicted octanol–water partition coefficient (Wildman–Crippen LogP) is 2.88. The molecule has 100 valence electrons. The molecule has 1 fully saturated rings. The minimum atomic E-state index is 0.0620. The first-order valence-electron chi connectivity index (χ1n) is 6.85. The van der Waals surface area contributed by atoms with Gasteiger partial charge in [0.05, 0.1) is 0 Å². The van der Waals surface area contributed by atoms with Crippen molar-refractivity contribution < 1.29 is 4.74 Å². The fourth-order valence-electron chi connectivity index (χ4n) is 2.39. The Morgan fingerprint density at radius 3 is 2.56 bits per heavy atom. The maximum Gasteiger partial charge on any atom is 0.160 e. The van der Waals surface area contributed by atoms with Crippen LogP contribution in [-0.4, -0.2) is 23.6 Å². The minimum Gasteiger partial charge on any atom is -0.373 e. The summed E-state index contributed by atoms with van der Waals surface area (Å²) in [6, 6.07) is 0. The Morgan fingerprint density at radius 1 is 1.33 bits per heavy atom. The zero-order chi connectivity index (χ0) is 13.1. The summed E-state index contributed by atoms with van der Waals surface area (Å²) >= 11 is 0. The van der Waals surface area contributed by atoms with Gasteiger partial charge in [0.15, 0.2) is 5.82 Å². The first-order valence-corrected chi connectivity index (χ1v) is 6.85. The fraction of sp³-hybridized carbons (Fsp3) is 0.714. The van der Waals surface area contributed by atoms with Crippen LogP contribution in [0.3, 0.4) is 0 Å². The van der Waals surface area contributed by atoms with Crippen molar-refractivity contribution in [3.63, 3.8) is 0 Å². The molecule has 18 heavy (non-hydrogen) atoms. The summed E-state index contributed by atoms with van der Waals surface area (Å²) in [6.45, 7) is 7.17. The van der Waals surface area contributed by atoms with E-state index >= 15 is 0 Å². The smallest absolute Gasteiger partial charge is 0.160 e. The van der Waals surface area contributed by atoms with Crippen molar-refractivity contribution in [1.82, 2.24) is 9.97 Å². The number of hydrogen-bond donors (Lipinski definition) is 1. The molecule has 0 aliphatic heterocycles. The summed E-state index contributed by atoms with van der Waals surface area (Å²) in [5.74, 6) is 2.42. The molecule has 1 unspecified atom stereocenters. The quantitative estimate of drug-likeness (QED) is 0.842. The van der Waals surface area contributed by atoms with Crippen molar-refractivity contribution in [3.8, 4) is 0 Å². The SMILES string of the molecule is CCNc1nc(C(OC)C2CC2)nc(C)c1CC. The Kier molecular flexibility index (Phi) is 4.17. The maximum atomic E-state index is 5.57. The third-order valence-corrected chi connectivity index (χ3v) is 3.49. The van der Waals surface area contributed by atoms with Crippen molar-refractivity contribution in [2.24, 2.45) is 5.92 Å². The molecular formula is C14H23N3O. The molecule has 0 radical (unpaired) electrons. The Hall–Kier alpha value is -1.16. The van der Waals surface area contributed by atoms with Gasteiger partial charge in [-0.25, -0.2) is 9.97 Å². The monoisotopic (exact) mass is 249 g/mol. The van der Waals surface area contributed by atoms with Gasteiger partial charge in [-0.1, -0.05) is 6.92 Å². The van der Waals surface area contributed by atoms with E-state index in [0.717, 1.165) is 30.3 Å². The largest absolute Gasteiger partial charge is 0.373 e. The molecule has 0 aromatic carbocycles. The Bertz CT molecular complexity index is 416. The molecule has 1 atom stereocenters. The standard InChI is InChI=1S/C14H23N3O/c1-5-11-9(3)16-14(17-13(11)15-6-2)12(18-4)10-7-8-10/h10,12H,5-8H2,1-4H3,(H,15,16,17). The first kappa shape index (κ1) is 13.3. The van der Waals surface area contributed by atoms with Crippen LogP contribution in [0, 0.1) is 12.8 Å². The van der Waals surface area contributed by atoms with Crippen LogP contribution in [-0.2, 0) is 11.2 Å². The van der Waals surface area contributed by atoms with Gasteiger partial charge in [-0.3, -0.25) is 0 Å². The van der Waals surface area contributed by atoms with E-state index in [1.54, 1.807) is 7.11 Å². The van der Waals surface area contributed by atoms with E-state index in [9.17, 15) is 0 Å². The molecule has 0 saturated heterocycles. The lowest BCUT2D eigenvalue weighted by Gasteiger charge is -2.17. The molecule has 1 N–H and O–H groups in total. The lowest BCUT2D eigenvalue weighted by molar-refractivity contribution is 0.0771. The van der Waals surface area contributed by atoms with Crippen LogP contribution in [0.5, 0.6) is 0 Å². The average molecular weight is 249 g/mol. The molecule has 0 bridgehead atoms. The second-order valence-corrected chi connectivity index (χ2v) is 4.87. The highest BCUT2D eigenvalue weighted by molar-refractivity contribution is 5.46. The number of ether oxygens (including phenoxy) is 1. The van der Waals surface area contributed by atoms with Gasteiger partial charge in [-0.15, -0.1) is 0 Å². The minimum absolute atomic E-state index is 0.0620. The molecule has 1 aromatic rings. The number of rotatable bonds is 6. The van der Waals surface area contributed by atoms with Crippen molar-refractivity contribution in [1.29, 1.82) is 0 Å². The van der Waals surface area contributed by atoms with Crippen LogP contribution in [0.1, 0.15) is 49.9 Å². The molecule has 0 amide bonds. The van der Waals surface area contributed by atoms with Crippen LogP contribution in [0.2, 0.25) is 0 Å². The van der Waals surface area contributed by atoms with Crippen LogP contribution in [0.25, 0.3) is 0 Å². The number of nitrogens with one attached hydrogen (secondary N) is 1. The van der Waals surface area contributed by atoms with Gasteiger partial charge in [0.2, 0.25) is 0 Å². The number of hydrogen-bond acceptors (Lipinski definition) is 4. The van der Waals surface area contributed by atoms with E-state index < -0.39 is 0 Å². The molecule has 1 saturated carbocycles. The maximum absolute atomic E-state index is 5.57. The molecule has 1 aliphatic carbocycles. The molecule has 1 aromatic heterocycles. The van der Waals surface area contributed by atoms with E-state index in [0.29, 0.717) is 5.92 Å². The number of methoxy groups -OCH3 is 1. The second kappa shape index (κ2) is 5.65. The van der Waals surface area contributed by atoms with Gasteiger partial charge in [-0.2, -0.15) is 0 Å². The van der Waals surface area contributed by atoms with E-state index in [1.807, 2.05) is 0 Å². The molecular weight excluding hydrogens is 226 g/mol. The third kappa shape index (κ3) is 2.64. The summed E-state index contributed by atoms with van der Waals surface area (Å²) in [7, 11) is 1.75. The molecule has 1 aliphatic rings. The third-order valence-electron chi connectivity index (χ3n) is 3.49. The summed E-state index contributed by atoms with van der Waals surface area (Å²) in [5, 5.41) is 3.34. The number of aromatic nitrogens is 2. The molecule has 0 spiro atoms. The van der Waals surface area contributed by atoms with Gasteiger partial charge in [0, 0.05) is 24.9 Å². The number of nitrogens with zero attached hydrogens (tertiary/aromatic N) is 2. The van der Waals surface area contributed by atoms with Crippen molar-refractivity contribution in [2.75, 3.05) is 19.0 Å². The normalized spacial score (nSPS) is 16.7. The zero-order valence-corrected chi connectivity index (χ0v) is 11.8. The lowest BCUT2D eigenvalue weighted by atomic mass is 10.1. The number of aryl methyl sites for hydroxylation is 1. The summed E-state index contributed by atoms with van der Waals surface area (Å²) in [6.07, 6.45) is 3.47. The van der Waals surface area contributed by atoms with Gasteiger partial charge >= 0.3 is 0 Å². The van der Waals surface area contributed by atoms with Crippen LogP contribution >= 0.6 is 0 Å². The summed E-state index contributed by atoms with van der Waals surface area (Å²) < 4.78 is 5.57. The van der Waals surface area contributed by atoms with Gasteiger partial charge in [0.1, 0.15) is 11.9 Å². The zero-order valence-electron chi connectivity index (χ0n) is 11.8. The molecule has 2 rings (SSSR count). The lowest BCUT2D eigenvalue weighted by Crippen LogP contribution is -2.14. The molecule has 1 heterocycles. The van der Waals surface area contributed by atoms with Gasteiger partial charge in [0.25, 0.3) is 0 Å². The van der Waals surface area contributed by atoms with E-state index in [2.05, 4.69) is 36.1 Å². The van der Waals surface area contributed by atoms with Crippen LogP contribution in [0.4, 0.5) is 5.82 Å². The summed E-state index contributed by atoms with van der Waals surface area (Å²) in [5.41, 5.74) is 2.28. The first-order chi connectivity index (χ1) is 8.71. The van der Waals surface area contributed by atoms with Gasteiger partial charge < -0.3 is 10.1 Å². The highest BCUT2D eigenvalue weighted by Gasteiger charge is 2.34. The van der Waals surface area contributed by atoms with Gasteiger partial charge in [-0.05, 0) is 39.0 Å². The molecule has 4 nitrogen and oxygen atoms in total. The fourth-order valence-corrected chi connectivity index (χ4v) is 2.39. The van der Waals surface area contributed by atoms with E-state index in [-0.39, 0.29) is 6.10 Å². The molecule has 4 heteroatoms. The average Bonchev–Trinajstić information content (AvgIpc) is 3.15. The summed E-state index contributed by atoms with van der Waals surface area (Å²) in [4.78, 5) is 9.32. The van der Waals surface area contributed by atoms with Crippen molar-refractivity contribution in [2.45, 2.75) is 46.1 Å². The van der Waals surface area contributed by atoms with Crippen LogP contribution < -0.4 is 5.32 Å². The highest BCUT2D eigenvalue weighted by atomic mass is 16.5. The van der Waals surface area contributed by atoms with E-state index in [1.165, 1.54) is 18.4 Å². The Morgan fingerprint density at radius 2 is 2.06 bits per heavy atom.